The van der Waals surface area contributed by atoms with Gasteiger partial charge >= 0.3 is 11.9 Å². The van der Waals surface area contributed by atoms with Crippen molar-refractivity contribution >= 4 is 17.5 Å². The van der Waals surface area contributed by atoms with E-state index in [1.54, 1.807) is 5.57 Å². The molecule has 4 nitrogen and oxygen atoms in total. The lowest BCUT2D eigenvalue weighted by Crippen LogP contribution is -2.40. The summed E-state index contributed by atoms with van der Waals surface area (Å²) in [7, 11) is 0. The molecule has 0 unspecified atom stereocenters. The number of benzene rings is 2. The minimum atomic E-state index is -0.312. The summed E-state index contributed by atoms with van der Waals surface area (Å²) in [5.74, 6) is 3.61. The van der Waals surface area contributed by atoms with E-state index in [2.05, 4.69) is 24.3 Å². The number of ether oxygens (including phenoxy) is 2. The van der Waals surface area contributed by atoms with Gasteiger partial charge in [-0.05, 0) is 96.7 Å². The van der Waals surface area contributed by atoms with E-state index < -0.39 is 0 Å². The zero-order valence-corrected chi connectivity index (χ0v) is 18.1. The Balaban J connectivity index is 1.58. The lowest BCUT2D eigenvalue weighted by molar-refractivity contribution is -0.132. The molecule has 6 rings (SSSR count). The molecule has 4 heteroatoms. The molecular formula is C27H28O4. The highest BCUT2D eigenvalue weighted by molar-refractivity contribution is 5.84. The van der Waals surface area contributed by atoms with Crippen LogP contribution in [0.4, 0.5) is 0 Å². The standard InChI is InChI=1S/C27H28O4/c1-16(28)30-24-7-3-20(4-8-24)26(21-5-9-25(10-6-21)31-17(2)29)27-22-12-18-11-19(14-22)15-23(27)13-18/h3-10,18-19,22-23H,11-15H2,1-2H3. The monoisotopic (exact) mass is 416 g/mol. The molecule has 2 aromatic carbocycles. The van der Waals surface area contributed by atoms with E-state index in [1.165, 1.54) is 51.5 Å². The van der Waals surface area contributed by atoms with Gasteiger partial charge in [0.2, 0.25) is 0 Å². The smallest absolute Gasteiger partial charge is 0.308 e. The highest BCUT2D eigenvalue weighted by Gasteiger charge is 2.46. The first-order chi connectivity index (χ1) is 15.0. The van der Waals surface area contributed by atoms with Gasteiger partial charge in [0.05, 0.1) is 0 Å². The van der Waals surface area contributed by atoms with E-state index in [4.69, 9.17) is 9.47 Å². The number of carbonyl (C=O) groups excluding carboxylic acids is 2. The molecule has 4 bridgehead atoms. The van der Waals surface area contributed by atoms with Crippen molar-refractivity contribution in [2.45, 2.75) is 46.0 Å². The third-order valence-electron chi connectivity index (χ3n) is 7.12. The van der Waals surface area contributed by atoms with Gasteiger partial charge in [-0.25, -0.2) is 0 Å². The highest BCUT2D eigenvalue weighted by atomic mass is 16.5. The lowest BCUT2D eigenvalue weighted by atomic mass is 9.53. The Bertz CT molecular complexity index is 938. The molecule has 0 aliphatic heterocycles. The number of esters is 2. The molecule has 31 heavy (non-hydrogen) atoms. The van der Waals surface area contributed by atoms with E-state index >= 15 is 0 Å². The fourth-order valence-corrected chi connectivity index (χ4v) is 6.31. The van der Waals surface area contributed by atoms with Crippen LogP contribution in [-0.4, -0.2) is 11.9 Å². The number of hydrogen-bond donors (Lipinski definition) is 0. The average Bonchev–Trinajstić information content (AvgIpc) is 2.71. The number of allylic oxidation sites excluding steroid dienone is 1. The van der Waals surface area contributed by atoms with Crippen LogP contribution in [0, 0.1) is 23.7 Å². The van der Waals surface area contributed by atoms with Crippen LogP contribution >= 0.6 is 0 Å². The van der Waals surface area contributed by atoms with Gasteiger partial charge in [-0.1, -0.05) is 29.8 Å². The molecule has 0 aromatic heterocycles. The van der Waals surface area contributed by atoms with Crippen molar-refractivity contribution in [2.24, 2.45) is 23.7 Å². The van der Waals surface area contributed by atoms with Gasteiger partial charge in [-0.3, -0.25) is 9.59 Å². The lowest BCUT2D eigenvalue weighted by Gasteiger charge is -2.52. The summed E-state index contributed by atoms with van der Waals surface area (Å²) < 4.78 is 10.5. The van der Waals surface area contributed by atoms with Crippen LogP contribution in [0.5, 0.6) is 11.5 Å². The normalized spacial score (nSPS) is 25.9. The van der Waals surface area contributed by atoms with Crippen molar-refractivity contribution in [3.05, 3.63) is 65.2 Å². The summed E-state index contributed by atoms with van der Waals surface area (Å²) in [6.07, 6.45) is 6.65. The van der Waals surface area contributed by atoms with E-state index in [0.717, 1.165) is 23.0 Å². The van der Waals surface area contributed by atoms with E-state index in [0.29, 0.717) is 23.3 Å². The van der Waals surface area contributed by atoms with Gasteiger partial charge in [0, 0.05) is 13.8 Å². The van der Waals surface area contributed by atoms with Gasteiger partial charge in [0.15, 0.2) is 0 Å². The molecule has 0 radical (unpaired) electrons. The molecule has 0 atom stereocenters. The van der Waals surface area contributed by atoms with Crippen LogP contribution < -0.4 is 9.47 Å². The first kappa shape index (κ1) is 20.0. The minimum absolute atomic E-state index is 0.312. The van der Waals surface area contributed by atoms with Gasteiger partial charge in [0.1, 0.15) is 11.5 Å². The Morgan fingerprint density at radius 1 is 0.645 bits per heavy atom. The van der Waals surface area contributed by atoms with Gasteiger partial charge in [-0.15, -0.1) is 0 Å². The average molecular weight is 417 g/mol. The van der Waals surface area contributed by atoms with Gasteiger partial charge < -0.3 is 9.47 Å². The minimum Gasteiger partial charge on any atom is -0.427 e. The molecule has 4 fully saturated rings. The highest BCUT2D eigenvalue weighted by Crippen LogP contribution is 2.58. The second kappa shape index (κ2) is 7.99. The Morgan fingerprint density at radius 3 is 1.39 bits per heavy atom. The first-order valence-electron chi connectivity index (χ1n) is 11.3. The predicted octanol–water partition coefficient (Wildman–Crippen LogP) is 5.80. The second-order valence-electron chi connectivity index (χ2n) is 9.37. The third kappa shape index (κ3) is 4.04. The fourth-order valence-electron chi connectivity index (χ4n) is 6.31. The maximum absolute atomic E-state index is 11.3. The van der Waals surface area contributed by atoms with Crippen LogP contribution in [0.2, 0.25) is 0 Å². The van der Waals surface area contributed by atoms with Crippen LogP contribution in [0.15, 0.2) is 54.1 Å². The number of carbonyl (C=O) groups is 2. The summed E-state index contributed by atoms with van der Waals surface area (Å²) >= 11 is 0. The molecule has 0 heterocycles. The summed E-state index contributed by atoms with van der Waals surface area (Å²) in [6, 6.07) is 15.7. The Morgan fingerprint density at radius 2 is 1.03 bits per heavy atom. The number of hydrogen-bond acceptors (Lipinski definition) is 4. The van der Waals surface area contributed by atoms with Crippen molar-refractivity contribution in [3.8, 4) is 11.5 Å². The van der Waals surface area contributed by atoms with Crippen molar-refractivity contribution in [3.63, 3.8) is 0 Å². The van der Waals surface area contributed by atoms with E-state index in [9.17, 15) is 9.59 Å². The summed E-state index contributed by atoms with van der Waals surface area (Å²) in [5.41, 5.74) is 5.21. The SMILES string of the molecule is CC(=O)Oc1ccc(C(=C2C3CC4CC(C3)CC2C4)c2ccc(OC(C)=O)cc2)cc1. The van der Waals surface area contributed by atoms with Crippen molar-refractivity contribution < 1.29 is 19.1 Å². The molecule has 2 aromatic rings. The quantitative estimate of drug-likeness (QED) is 0.467. The number of rotatable bonds is 4. The van der Waals surface area contributed by atoms with Crippen LogP contribution in [-0.2, 0) is 9.59 Å². The molecule has 160 valence electrons. The van der Waals surface area contributed by atoms with E-state index in [1.807, 2.05) is 24.3 Å². The second-order valence-corrected chi connectivity index (χ2v) is 9.37. The largest absolute Gasteiger partial charge is 0.427 e. The maximum Gasteiger partial charge on any atom is 0.308 e. The Kier molecular flexibility index (Phi) is 5.17. The predicted molar refractivity (Wildman–Crippen MR) is 119 cm³/mol. The molecule has 0 saturated heterocycles. The topological polar surface area (TPSA) is 52.6 Å². The van der Waals surface area contributed by atoms with Crippen molar-refractivity contribution in [2.75, 3.05) is 0 Å². The molecule has 4 saturated carbocycles. The Labute approximate surface area is 183 Å². The molecule has 4 aliphatic rings. The van der Waals surface area contributed by atoms with E-state index in [-0.39, 0.29) is 11.9 Å². The summed E-state index contributed by atoms with van der Waals surface area (Å²) in [6.45, 7) is 2.83. The molecule has 0 N–H and O–H groups in total. The van der Waals surface area contributed by atoms with Crippen LogP contribution in [0.1, 0.15) is 57.1 Å². The molecule has 4 aliphatic carbocycles. The fraction of sp³-hybridized carbons (Fsp3) is 0.407. The first-order valence-corrected chi connectivity index (χ1v) is 11.3. The zero-order chi connectivity index (χ0) is 21.5. The van der Waals surface area contributed by atoms with Gasteiger partial charge in [-0.2, -0.15) is 0 Å². The third-order valence-corrected chi connectivity index (χ3v) is 7.12. The van der Waals surface area contributed by atoms with Crippen LogP contribution in [0.25, 0.3) is 5.57 Å². The van der Waals surface area contributed by atoms with Crippen molar-refractivity contribution in [1.29, 1.82) is 0 Å². The zero-order valence-electron chi connectivity index (χ0n) is 18.1. The van der Waals surface area contributed by atoms with Crippen molar-refractivity contribution in [1.82, 2.24) is 0 Å². The Hall–Kier alpha value is -2.88. The molecule has 0 amide bonds. The van der Waals surface area contributed by atoms with Gasteiger partial charge in [0.25, 0.3) is 0 Å². The van der Waals surface area contributed by atoms with Crippen LogP contribution in [0.3, 0.4) is 0 Å². The molecular weight excluding hydrogens is 388 g/mol. The summed E-state index contributed by atoms with van der Waals surface area (Å²) in [5, 5.41) is 0. The summed E-state index contributed by atoms with van der Waals surface area (Å²) in [4.78, 5) is 22.6. The maximum atomic E-state index is 11.3. The molecule has 0 spiro atoms.